The van der Waals surface area contributed by atoms with Crippen LogP contribution in [0.25, 0.3) is 5.69 Å². The number of aromatic nitrogens is 3. The standard InChI is InChI=1S/C25H20Cl2F2N4OS/c1-15(30-23(34)12-16-2-7-19(28)8-3-16)24-31-32-25(35-14-17-4-9-20(29)10-5-17)33(24)22-11-6-18(26)13-21(22)27/h2-11,13,15H,12,14H2,1H3,(H,30,34). The van der Waals surface area contributed by atoms with Crippen LogP contribution in [-0.2, 0) is 17.0 Å². The summed E-state index contributed by atoms with van der Waals surface area (Å²) < 4.78 is 28.2. The van der Waals surface area contributed by atoms with Gasteiger partial charge in [-0.25, -0.2) is 8.78 Å². The summed E-state index contributed by atoms with van der Waals surface area (Å²) in [6.45, 7) is 1.79. The molecule has 35 heavy (non-hydrogen) atoms. The summed E-state index contributed by atoms with van der Waals surface area (Å²) in [6, 6.07) is 16.6. The predicted octanol–water partition coefficient (Wildman–Crippen LogP) is 6.56. The third kappa shape index (κ3) is 6.39. The largest absolute Gasteiger partial charge is 0.346 e. The molecule has 0 saturated heterocycles. The molecule has 1 unspecified atom stereocenters. The number of hydrogen-bond donors (Lipinski definition) is 1. The van der Waals surface area contributed by atoms with Crippen LogP contribution >= 0.6 is 35.0 Å². The maximum Gasteiger partial charge on any atom is 0.224 e. The summed E-state index contributed by atoms with van der Waals surface area (Å²) in [5.74, 6) is 0.0859. The zero-order chi connectivity index (χ0) is 24.9. The number of nitrogens with one attached hydrogen (secondary N) is 1. The van der Waals surface area contributed by atoms with Crippen molar-refractivity contribution in [2.75, 3.05) is 0 Å². The van der Waals surface area contributed by atoms with Gasteiger partial charge in [0.05, 0.1) is 23.2 Å². The van der Waals surface area contributed by atoms with Gasteiger partial charge in [-0.2, -0.15) is 0 Å². The Bertz CT molecular complexity index is 1330. The van der Waals surface area contributed by atoms with Crippen LogP contribution in [0.15, 0.2) is 71.9 Å². The molecule has 0 radical (unpaired) electrons. The third-order valence-corrected chi connectivity index (χ3v) is 6.67. The molecule has 0 aliphatic carbocycles. The van der Waals surface area contributed by atoms with Gasteiger partial charge in [-0.15, -0.1) is 10.2 Å². The Kier molecular flexibility index (Phi) is 8.05. The molecule has 1 atom stereocenters. The first-order valence-electron chi connectivity index (χ1n) is 10.6. The molecule has 5 nitrogen and oxygen atoms in total. The topological polar surface area (TPSA) is 59.8 Å². The zero-order valence-corrected chi connectivity index (χ0v) is 20.8. The predicted molar refractivity (Wildman–Crippen MR) is 134 cm³/mol. The van der Waals surface area contributed by atoms with Gasteiger partial charge in [-0.05, 0) is 60.5 Å². The van der Waals surface area contributed by atoms with E-state index in [0.717, 1.165) is 5.56 Å². The third-order valence-electron chi connectivity index (χ3n) is 5.13. The average Bonchev–Trinajstić information content (AvgIpc) is 3.24. The fraction of sp³-hybridized carbons (Fsp3) is 0.160. The Morgan fingerprint density at radius 1 is 0.971 bits per heavy atom. The molecule has 0 spiro atoms. The van der Waals surface area contributed by atoms with E-state index in [-0.39, 0.29) is 24.0 Å². The molecule has 0 saturated carbocycles. The van der Waals surface area contributed by atoms with Crippen LogP contribution in [0, 0.1) is 11.6 Å². The lowest BCUT2D eigenvalue weighted by molar-refractivity contribution is -0.121. The quantitative estimate of drug-likeness (QED) is 0.261. The van der Waals surface area contributed by atoms with E-state index in [2.05, 4.69) is 15.5 Å². The van der Waals surface area contributed by atoms with Crippen molar-refractivity contribution in [2.24, 2.45) is 0 Å². The van der Waals surface area contributed by atoms with Crippen molar-refractivity contribution in [3.8, 4) is 5.69 Å². The highest BCUT2D eigenvalue weighted by Crippen LogP contribution is 2.32. The molecule has 0 fully saturated rings. The fourth-order valence-electron chi connectivity index (χ4n) is 3.42. The second-order valence-electron chi connectivity index (χ2n) is 7.78. The first kappa shape index (κ1) is 25.2. The first-order chi connectivity index (χ1) is 16.8. The normalized spacial score (nSPS) is 11.9. The zero-order valence-electron chi connectivity index (χ0n) is 18.5. The highest BCUT2D eigenvalue weighted by molar-refractivity contribution is 7.98. The smallest absolute Gasteiger partial charge is 0.224 e. The summed E-state index contributed by atoms with van der Waals surface area (Å²) in [5, 5.41) is 13.0. The molecule has 180 valence electrons. The van der Waals surface area contributed by atoms with Crippen molar-refractivity contribution in [2.45, 2.75) is 30.3 Å². The van der Waals surface area contributed by atoms with Gasteiger partial charge in [0.15, 0.2) is 11.0 Å². The molecule has 3 aromatic carbocycles. The molecular weight excluding hydrogens is 513 g/mol. The number of hydrogen-bond acceptors (Lipinski definition) is 4. The van der Waals surface area contributed by atoms with Crippen LogP contribution in [0.3, 0.4) is 0 Å². The molecule has 1 amide bonds. The lowest BCUT2D eigenvalue weighted by Gasteiger charge is -2.17. The van der Waals surface area contributed by atoms with E-state index in [4.69, 9.17) is 23.2 Å². The minimum Gasteiger partial charge on any atom is -0.346 e. The summed E-state index contributed by atoms with van der Waals surface area (Å²) >= 11 is 14.0. The maximum atomic E-state index is 13.3. The van der Waals surface area contributed by atoms with E-state index >= 15 is 0 Å². The minimum atomic E-state index is -0.512. The van der Waals surface area contributed by atoms with Gasteiger partial charge >= 0.3 is 0 Å². The first-order valence-corrected chi connectivity index (χ1v) is 12.4. The van der Waals surface area contributed by atoms with Crippen LogP contribution in [0.2, 0.25) is 10.0 Å². The van der Waals surface area contributed by atoms with E-state index in [1.54, 1.807) is 54.0 Å². The molecule has 0 aliphatic heterocycles. The number of amides is 1. The van der Waals surface area contributed by atoms with E-state index in [0.29, 0.717) is 38.0 Å². The maximum absolute atomic E-state index is 13.3. The second kappa shape index (κ2) is 11.2. The summed E-state index contributed by atoms with van der Waals surface area (Å²) in [7, 11) is 0. The van der Waals surface area contributed by atoms with Gasteiger partial charge in [-0.3, -0.25) is 9.36 Å². The van der Waals surface area contributed by atoms with Crippen molar-refractivity contribution in [3.05, 3.63) is 105 Å². The Morgan fingerprint density at radius 3 is 2.23 bits per heavy atom. The van der Waals surface area contributed by atoms with Crippen LogP contribution in [0.4, 0.5) is 8.78 Å². The molecule has 0 aliphatic rings. The van der Waals surface area contributed by atoms with E-state index in [9.17, 15) is 13.6 Å². The van der Waals surface area contributed by atoms with Crippen LogP contribution in [-0.4, -0.2) is 20.7 Å². The van der Waals surface area contributed by atoms with Gasteiger partial charge in [0, 0.05) is 10.8 Å². The van der Waals surface area contributed by atoms with Gasteiger partial charge in [-0.1, -0.05) is 59.2 Å². The molecule has 4 aromatic rings. The monoisotopic (exact) mass is 532 g/mol. The Hall–Kier alpha value is -2.94. The van der Waals surface area contributed by atoms with Crippen LogP contribution < -0.4 is 5.32 Å². The molecule has 10 heteroatoms. The van der Waals surface area contributed by atoms with Crippen LogP contribution in [0.1, 0.15) is 29.9 Å². The SMILES string of the molecule is CC(NC(=O)Cc1ccc(F)cc1)c1nnc(SCc2ccc(F)cc2)n1-c1ccc(Cl)cc1Cl. The number of carbonyl (C=O) groups excluding carboxylic acids is 1. The second-order valence-corrected chi connectivity index (χ2v) is 9.57. The number of thioether (sulfide) groups is 1. The van der Waals surface area contributed by atoms with Crippen molar-refractivity contribution in [1.82, 2.24) is 20.1 Å². The van der Waals surface area contributed by atoms with E-state index in [1.807, 2.05) is 0 Å². The highest BCUT2D eigenvalue weighted by atomic mass is 35.5. The Labute approximate surface area is 215 Å². The number of rotatable bonds is 8. The minimum absolute atomic E-state index is 0.0899. The number of nitrogens with zero attached hydrogens (tertiary/aromatic N) is 3. The Morgan fingerprint density at radius 2 is 1.60 bits per heavy atom. The van der Waals surface area contributed by atoms with E-state index < -0.39 is 6.04 Å². The van der Waals surface area contributed by atoms with Gasteiger partial charge in [0.2, 0.25) is 5.91 Å². The fourth-order valence-corrected chi connectivity index (χ4v) is 4.82. The van der Waals surface area contributed by atoms with Gasteiger partial charge < -0.3 is 5.32 Å². The molecule has 1 heterocycles. The van der Waals surface area contributed by atoms with E-state index in [1.165, 1.54) is 36.0 Å². The summed E-state index contributed by atoms with van der Waals surface area (Å²) in [5.41, 5.74) is 2.21. The number of benzene rings is 3. The van der Waals surface area contributed by atoms with Crippen molar-refractivity contribution >= 4 is 40.9 Å². The molecule has 1 N–H and O–H groups in total. The van der Waals surface area contributed by atoms with Gasteiger partial charge in [0.25, 0.3) is 0 Å². The molecule has 1 aromatic heterocycles. The highest BCUT2D eigenvalue weighted by Gasteiger charge is 2.22. The molecule has 0 bridgehead atoms. The molecule has 4 rings (SSSR count). The lowest BCUT2D eigenvalue weighted by atomic mass is 10.1. The van der Waals surface area contributed by atoms with Crippen molar-refractivity contribution in [1.29, 1.82) is 0 Å². The Balaban J connectivity index is 1.59. The van der Waals surface area contributed by atoms with Gasteiger partial charge in [0.1, 0.15) is 11.6 Å². The number of halogens is 4. The van der Waals surface area contributed by atoms with Crippen molar-refractivity contribution < 1.29 is 13.6 Å². The average molecular weight is 533 g/mol. The summed E-state index contributed by atoms with van der Waals surface area (Å²) in [4.78, 5) is 12.6. The summed E-state index contributed by atoms with van der Waals surface area (Å²) in [6.07, 6.45) is 0.0899. The van der Waals surface area contributed by atoms with Crippen LogP contribution in [0.5, 0.6) is 0 Å². The van der Waals surface area contributed by atoms with Crippen molar-refractivity contribution in [3.63, 3.8) is 0 Å². The molecular formula is C25H20Cl2F2N4OS. The number of carbonyl (C=O) groups is 1. The lowest BCUT2D eigenvalue weighted by Crippen LogP contribution is -2.30.